The van der Waals surface area contributed by atoms with Crippen molar-refractivity contribution in [1.82, 2.24) is 4.90 Å². The maximum atomic E-state index is 6.43. The van der Waals surface area contributed by atoms with Crippen LogP contribution in [0.1, 0.15) is 31.0 Å². The van der Waals surface area contributed by atoms with E-state index in [2.05, 4.69) is 31.7 Å². The number of hydrogen-bond donors (Lipinski definition) is 1. The van der Waals surface area contributed by atoms with Gasteiger partial charge in [-0.1, -0.05) is 17.7 Å². The second-order valence-corrected chi connectivity index (χ2v) is 6.16. The predicted molar refractivity (Wildman–Crippen MR) is 81.1 cm³/mol. The Kier molecular flexibility index (Phi) is 4.68. The van der Waals surface area contributed by atoms with E-state index in [0.29, 0.717) is 0 Å². The van der Waals surface area contributed by atoms with E-state index < -0.39 is 0 Å². The molecule has 1 heterocycles. The maximum Gasteiger partial charge on any atom is 0.123 e. The molecule has 4 heteroatoms. The van der Waals surface area contributed by atoms with Gasteiger partial charge in [0.25, 0.3) is 0 Å². The molecule has 0 saturated carbocycles. The summed E-state index contributed by atoms with van der Waals surface area (Å²) in [5.74, 6) is 0.870. The number of nitrogens with two attached hydrogens (primary N) is 1. The zero-order valence-corrected chi connectivity index (χ0v) is 13.0. The Bertz CT molecular complexity index is 460. The van der Waals surface area contributed by atoms with Crippen LogP contribution in [0.3, 0.4) is 0 Å². The molecule has 0 bridgehead atoms. The monoisotopic (exact) mass is 278 g/mol. The van der Waals surface area contributed by atoms with Crippen LogP contribution in [0.2, 0.25) is 0 Å². The number of ether oxygens (including phenoxy) is 2. The van der Waals surface area contributed by atoms with Gasteiger partial charge in [0.1, 0.15) is 5.75 Å². The van der Waals surface area contributed by atoms with Crippen LogP contribution in [-0.2, 0) is 4.74 Å². The molecule has 0 radical (unpaired) electrons. The van der Waals surface area contributed by atoms with E-state index >= 15 is 0 Å². The molecule has 112 valence electrons. The smallest absolute Gasteiger partial charge is 0.123 e. The number of methoxy groups -OCH3 is 1. The topological polar surface area (TPSA) is 47.7 Å². The van der Waals surface area contributed by atoms with Crippen LogP contribution in [0, 0.1) is 6.92 Å². The normalized spacial score (nSPS) is 20.6. The van der Waals surface area contributed by atoms with Crippen LogP contribution in [-0.4, -0.2) is 43.9 Å². The Labute approximate surface area is 121 Å². The van der Waals surface area contributed by atoms with E-state index in [9.17, 15) is 0 Å². The van der Waals surface area contributed by atoms with Gasteiger partial charge in [0.15, 0.2) is 0 Å². The zero-order chi connectivity index (χ0) is 14.8. The maximum absolute atomic E-state index is 6.43. The summed E-state index contributed by atoms with van der Waals surface area (Å²) < 4.78 is 11.0. The van der Waals surface area contributed by atoms with Gasteiger partial charge in [-0.25, -0.2) is 0 Å². The summed E-state index contributed by atoms with van der Waals surface area (Å²) in [6, 6.07) is 6.11. The van der Waals surface area contributed by atoms with E-state index in [1.54, 1.807) is 7.11 Å². The Hall–Kier alpha value is -1.10. The lowest BCUT2D eigenvalue weighted by Gasteiger charge is -2.43. The van der Waals surface area contributed by atoms with Crippen LogP contribution in [0.15, 0.2) is 18.2 Å². The molecule has 4 nitrogen and oxygen atoms in total. The molecule has 1 aromatic carbocycles. The first kappa shape index (κ1) is 15.3. The van der Waals surface area contributed by atoms with E-state index in [0.717, 1.165) is 37.6 Å². The highest BCUT2D eigenvalue weighted by molar-refractivity contribution is 5.39. The van der Waals surface area contributed by atoms with Crippen LogP contribution in [0.5, 0.6) is 5.75 Å². The molecule has 1 unspecified atom stereocenters. The number of hydrogen-bond acceptors (Lipinski definition) is 4. The zero-order valence-electron chi connectivity index (χ0n) is 13.0. The Morgan fingerprint density at radius 3 is 2.85 bits per heavy atom. The van der Waals surface area contributed by atoms with Gasteiger partial charge in [-0.3, -0.25) is 4.90 Å². The fourth-order valence-electron chi connectivity index (χ4n) is 2.71. The third kappa shape index (κ3) is 3.32. The lowest BCUT2D eigenvalue weighted by Crippen LogP contribution is -2.54. The number of aryl methyl sites for hydroxylation is 1. The van der Waals surface area contributed by atoms with Gasteiger partial charge in [0.05, 0.1) is 20.3 Å². The Morgan fingerprint density at radius 1 is 1.45 bits per heavy atom. The summed E-state index contributed by atoms with van der Waals surface area (Å²) in [5.41, 5.74) is 8.75. The molecule has 2 N–H and O–H groups in total. The van der Waals surface area contributed by atoms with Crippen molar-refractivity contribution in [3.8, 4) is 5.75 Å². The van der Waals surface area contributed by atoms with Gasteiger partial charge in [0, 0.05) is 30.2 Å². The lowest BCUT2D eigenvalue weighted by molar-refractivity contribution is -0.0532. The van der Waals surface area contributed by atoms with Crippen molar-refractivity contribution in [1.29, 1.82) is 0 Å². The van der Waals surface area contributed by atoms with Crippen molar-refractivity contribution < 1.29 is 9.47 Å². The summed E-state index contributed by atoms with van der Waals surface area (Å²) in [6.07, 6.45) is 0. The second kappa shape index (κ2) is 6.12. The lowest BCUT2D eigenvalue weighted by atomic mass is 9.98. The molecular weight excluding hydrogens is 252 g/mol. The first-order valence-electron chi connectivity index (χ1n) is 7.17. The number of nitrogens with zero attached hydrogens (tertiary/aromatic N) is 1. The molecule has 1 atom stereocenters. The SMILES string of the molecule is COc1ccc(C)cc1C(N)CN1CCOCC1(C)C. The highest BCUT2D eigenvalue weighted by Gasteiger charge is 2.32. The van der Waals surface area contributed by atoms with Crippen LogP contribution in [0.25, 0.3) is 0 Å². The number of morpholine rings is 1. The largest absolute Gasteiger partial charge is 0.496 e. The fraction of sp³-hybridized carbons (Fsp3) is 0.625. The quantitative estimate of drug-likeness (QED) is 0.916. The molecule has 1 aliphatic rings. The minimum absolute atomic E-state index is 0.0347. The van der Waals surface area contributed by atoms with Gasteiger partial charge in [0.2, 0.25) is 0 Å². The molecule has 0 aliphatic carbocycles. The van der Waals surface area contributed by atoms with Gasteiger partial charge in [-0.15, -0.1) is 0 Å². The average Bonchev–Trinajstić information content (AvgIpc) is 2.41. The van der Waals surface area contributed by atoms with Gasteiger partial charge in [-0.05, 0) is 26.8 Å². The third-order valence-corrected chi connectivity index (χ3v) is 4.02. The second-order valence-electron chi connectivity index (χ2n) is 6.16. The summed E-state index contributed by atoms with van der Waals surface area (Å²) in [4.78, 5) is 2.41. The van der Waals surface area contributed by atoms with Crippen molar-refractivity contribution in [2.24, 2.45) is 5.73 Å². The van der Waals surface area contributed by atoms with Crippen molar-refractivity contribution in [2.45, 2.75) is 32.4 Å². The molecule has 1 saturated heterocycles. The standard InChI is InChI=1S/C16H26N2O2/c1-12-5-6-15(19-4)13(9-12)14(17)10-18-7-8-20-11-16(18,2)3/h5-6,9,14H,7-8,10-11,17H2,1-4H3. The molecule has 0 aromatic heterocycles. The minimum atomic E-state index is -0.0535. The van der Waals surface area contributed by atoms with Gasteiger partial charge < -0.3 is 15.2 Å². The molecule has 2 rings (SSSR count). The van der Waals surface area contributed by atoms with E-state index in [-0.39, 0.29) is 11.6 Å². The van der Waals surface area contributed by atoms with Gasteiger partial charge >= 0.3 is 0 Å². The molecule has 20 heavy (non-hydrogen) atoms. The molecule has 0 spiro atoms. The first-order valence-corrected chi connectivity index (χ1v) is 7.17. The first-order chi connectivity index (χ1) is 9.44. The highest BCUT2D eigenvalue weighted by atomic mass is 16.5. The number of rotatable bonds is 4. The molecule has 0 amide bonds. The summed E-state index contributed by atoms with van der Waals surface area (Å²) in [5, 5.41) is 0. The molecule has 1 aromatic rings. The third-order valence-electron chi connectivity index (χ3n) is 4.02. The summed E-state index contributed by atoms with van der Waals surface area (Å²) in [6.45, 7) is 9.75. The Morgan fingerprint density at radius 2 is 2.20 bits per heavy atom. The predicted octanol–water partition coefficient (Wildman–Crippen LogP) is 2.11. The number of benzene rings is 1. The van der Waals surface area contributed by atoms with E-state index in [4.69, 9.17) is 15.2 Å². The van der Waals surface area contributed by atoms with E-state index in [1.165, 1.54) is 5.56 Å². The molecule has 1 aliphatic heterocycles. The summed E-state index contributed by atoms with van der Waals surface area (Å²) in [7, 11) is 1.69. The van der Waals surface area contributed by atoms with E-state index in [1.807, 2.05) is 12.1 Å². The van der Waals surface area contributed by atoms with Crippen molar-refractivity contribution in [3.63, 3.8) is 0 Å². The minimum Gasteiger partial charge on any atom is -0.496 e. The highest BCUT2D eigenvalue weighted by Crippen LogP contribution is 2.28. The van der Waals surface area contributed by atoms with Gasteiger partial charge in [-0.2, -0.15) is 0 Å². The van der Waals surface area contributed by atoms with Crippen LogP contribution < -0.4 is 10.5 Å². The van der Waals surface area contributed by atoms with Crippen LogP contribution >= 0.6 is 0 Å². The molecular formula is C16H26N2O2. The fourth-order valence-corrected chi connectivity index (χ4v) is 2.71. The Balaban J connectivity index is 2.15. The van der Waals surface area contributed by atoms with Crippen molar-refractivity contribution >= 4 is 0 Å². The molecule has 1 fully saturated rings. The average molecular weight is 278 g/mol. The van der Waals surface area contributed by atoms with Crippen LogP contribution in [0.4, 0.5) is 0 Å². The summed E-state index contributed by atoms with van der Waals surface area (Å²) >= 11 is 0. The van der Waals surface area contributed by atoms with Crippen molar-refractivity contribution in [2.75, 3.05) is 33.4 Å². The van der Waals surface area contributed by atoms with Crippen molar-refractivity contribution in [3.05, 3.63) is 29.3 Å².